The second-order valence-electron chi connectivity index (χ2n) is 7.31. The van der Waals surface area contributed by atoms with Crippen LogP contribution >= 0.6 is 0 Å². The van der Waals surface area contributed by atoms with E-state index in [0.717, 1.165) is 44.1 Å². The van der Waals surface area contributed by atoms with E-state index in [9.17, 15) is 4.79 Å². The first-order valence-corrected chi connectivity index (χ1v) is 9.01. The highest BCUT2D eigenvalue weighted by atomic mass is 16.5. The van der Waals surface area contributed by atoms with Crippen molar-refractivity contribution in [3.05, 3.63) is 11.7 Å². The number of likely N-dealkylation sites (tertiary alicyclic amines) is 2. The minimum absolute atomic E-state index is 0.136. The van der Waals surface area contributed by atoms with Crippen LogP contribution in [-0.4, -0.2) is 51.0 Å². The molecule has 6 nitrogen and oxygen atoms in total. The van der Waals surface area contributed by atoms with E-state index in [1.165, 1.54) is 19.3 Å². The molecule has 1 aromatic heterocycles. The number of nitrogens with zero attached hydrogens (tertiary/aromatic N) is 4. The smallest absolute Gasteiger partial charge is 0.243 e. The zero-order chi connectivity index (χ0) is 16.0. The van der Waals surface area contributed by atoms with Gasteiger partial charge in [0, 0.05) is 31.5 Å². The quantitative estimate of drug-likeness (QED) is 0.853. The second-order valence-corrected chi connectivity index (χ2v) is 7.31. The monoisotopic (exact) mass is 318 g/mol. The summed E-state index contributed by atoms with van der Waals surface area (Å²) >= 11 is 0. The molecule has 0 bridgehead atoms. The van der Waals surface area contributed by atoms with Gasteiger partial charge in [-0.2, -0.15) is 4.98 Å². The fourth-order valence-electron chi connectivity index (χ4n) is 4.36. The Hall–Kier alpha value is -1.43. The summed E-state index contributed by atoms with van der Waals surface area (Å²) in [5, 5.41) is 4.16. The van der Waals surface area contributed by atoms with Gasteiger partial charge in [-0.1, -0.05) is 5.16 Å². The standard InChI is InChI=1S/C17H26N4O2/c1-11(17-18-16(19-23-17)13-7-8-13)20-9-3-5-14(20)15-6-4-10-21(15)12(2)22/h11,13-15H,3-10H2,1-2H3/t11-,14-,15+/m0/s1. The van der Waals surface area contributed by atoms with Crippen molar-refractivity contribution in [2.24, 2.45) is 0 Å². The lowest BCUT2D eigenvalue weighted by Gasteiger charge is -2.36. The maximum atomic E-state index is 11.9. The van der Waals surface area contributed by atoms with Gasteiger partial charge in [0.1, 0.15) is 0 Å². The molecule has 2 aliphatic heterocycles. The Labute approximate surface area is 137 Å². The molecule has 1 aliphatic carbocycles. The van der Waals surface area contributed by atoms with Crippen LogP contribution in [0.15, 0.2) is 4.52 Å². The largest absolute Gasteiger partial charge is 0.338 e. The Morgan fingerprint density at radius 2 is 1.91 bits per heavy atom. The fourth-order valence-corrected chi connectivity index (χ4v) is 4.36. The van der Waals surface area contributed by atoms with Gasteiger partial charge in [0.05, 0.1) is 6.04 Å². The van der Waals surface area contributed by atoms with E-state index in [4.69, 9.17) is 4.52 Å². The van der Waals surface area contributed by atoms with Crippen LogP contribution in [0, 0.1) is 0 Å². The van der Waals surface area contributed by atoms with Crippen LogP contribution in [0.1, 0.15) is 76.0 Å². The lowest BCUT2D eigenvalue weighted by atomic mass is 10.0. The molecular weight excluding hydrogens is 292 g/mol. The summed E-state index contributed by atoms with van der Waals surface area (Å²) in [4.78, 5) is 21.1. The van der Waals surface area contributed by atoms with Gasteiger partial charge in [0.2, 0.25) is 11.8 Å². The maximum absolute atomic E-state index is 11.9. The zero-order valence-corrected chi connectivity index (χ0v) is 14.1. The predicted molar refractivity (Wildman–Crippen MR) is 84.8 cm³/mol. The van der Waals surface area contributed by atoms with E-state index in [1.54, 1.807) is 6.92 Å². The van der Waals surface area contributed by atoms with Crippen LogP contribution < -0.4 is 0 Å². The summed E-state index contributed by atoms with van der Waals surface area (Å²) in [5.74, 6) is 2.36. The second kappa shape index (κ2) is 5.89. The lowest BCUT2D eigenvalue weighted by Crippen LogP contribution is -2.48. The Morgan fingerprint density at radius 3 is 2.65 bits per heavy atom. The van der Waals surface area contributed by atoms with Crippen molar-refractivity contribution < 1.29 is 9.32 Å². The first kappa shape index (κ1) is 15.1. The Kier molecular flexibility index (Phi) is 3.87. The van der Waals surface area contributed by atoms with Crippen LogP contribution in [0.2, 0.25) is 0 Å². The number of rotatable bonds is 4. The summed E-state index contributed by atoms with van der Waals surface area (Å²) in [5.41, 5.74) is 0. The number of hydrogen-bond donors (Lipinski definition) is 0. The third kappa shape index (κ3) is 2.77. The van der Waals surface area contributed by atoms with Crippen molar-refractivity contribution in [3.8, 4) is 0 Å². The molecule has 6 heteroatoms. The molecule has 0 spiro atoms. The average molecular weight is 318 g/mol. The molecule has 0 aromatic carbocycles. The number of hydrogen-bond acceptors (Lipinski definition) is 5. The van der Waals surface area contributed by atoms with E-state index in [1.807, 2.05) is 0 Å². The summed E-state index contributed by atoms with van der Waals surface area (Å²) in [7, 11) is 0. The third-order valence-electron chi connectivity index (χ3n) is 5.74. The molecule has 3 fully saturated rings. The van der Waals surface area contributed by atoms with Crippen LogP contribution in [0.5, 0.6) is 0 Å². The van der Waals surface area contributed by atoms with Crippen molar-refractivity contribution in [3.63, 3.8) is 0 Å². The molecule has 3 atom stereocenters. The number of amides is 1. The van der Waals surface area contributed by atoms with Gasteiger partial charge in [0.25, 0.3) is 0 Å². The molecule has 1 aromatic rings. The highest BCUT2D eigenvalue weighted by Crippen LogP contribution is 2.40. The molecule has 126 valence electrons. The van der Waals surface area contributed by atoms with E-state index >= 15 is 0 Å². The van der Waals surface area contributed by atoms with Crippen molar-refractivity contribution in [1.29, 1.82) is 0 Å². The summed E-state index contributed by atoms with van der Waals surface area (Å²) in [6, 6.07) is 0.910. The van der Waals surface area contributed by atoms with E-state index < -0.39 is 0 Å². The molecule has 1 saturated carbocycles. The van der Waals surface area contributed by atoms with Gasteiger partial charge in [-0.15, -0.1) is 0 Å². The fraction of sp³-hybridized carbons (Fsp3) is 0.824. The minimum atomic E-state index is 0.136. The summed E-state index contributed by atoms with van der Waals surface area (Å²) in [6.07, 6.45) is 6.95. The SMILES string of the molecule is CC(=O)N1CCC[C@@H]1[C@@H]1CCCN1[C@@H](C)c1nc(C2CC2)no1. The van der Waals surface area contributed by atoms with E-state index in [2.05, 4.69) is 26.9 Å². The summed E-state index contributed by atoms with van der Waals surface area (Å²) < 4.78 is 5.54. The average Bonchev–Trinajstić information content (AvgIpc) is 3.02. The van der Waals surface area contributed by atoms with Crippen molar-refractivity contribution in [1.82, 2.24) is 19.9 Å². The Balaban J connectivity index is 1.51. The van der Waals surface area contributed by atoms with E-state index in [-0.39, 0.29) is 11.9 Å². The highest BCUT2D eigenvalue weighted by molar-refractivity contribution is 5.74. The summed E-state index contributed by atoms with van der Waals surface area (Å²) in [6.45, 7) is 5.82. The third-order valence-corrected chi connectivity index (χ3v) is 5.74. The molecule has 3 heterocycles. The number of carbonyl (C=O) groups excluding carboxylic acids is 1. The highest BCUT2D eigenvalue weighted by Gasteiger charge is 2.42. The zero-order valence-electron chi connectivity index (χ0n) is 14.1. The first-order valence-electron chi connectivity index (χ1n) is 9.01. The Morgan fingerprint density at radius 1 is 1.17 bits per heavy atom. The molecule has 2 saturated heterocycles. The lowest BCUT2D eigenvalue weighted by molar-refractivity contribution is -0.130. The number of aromatic nitrogens is 2. The van der Waals surface area contributed by atoms with Crippen LogP contribution in [0.3, 0.4) is 0 Å². The molecule has 0 unspecified atom stereocenters. The van der Waals surface area contributed by atoms with Gasteiger partial charge in [-0.3, -0.25) is 9.69 Å². The van der Waals surface area contributed by atoms with Gasteiger partial charge in [0.15, 0.2) is 5.82 Å². The van der Waals surface area contributed by atoms with Crippen molar-refractivity contribution >= 4 is 5.91 Å². The molecular formula is C17H26N4O2. The van der Waals surface area contributed by atoms with Crippen LogP contribution in [0.4, 0.5) is 0 Å². The van der Waals surface area contributed by atoms with Gasteiger partial charge < -0.3 is 9.42 Å². The first-order chi connectivity index (χ1) is 11.1. The molecule has 3 aliphatic rings. The Bertz CT molecular complexity index is 583. The molecule has 1 amide bonds. The van der Waals surface area contributed by atoms with Crippen LogP contribution in [-0.2, 0) is 4.79 Å². The normalized spacial score (nSPS) is 30.1. The molecule has 0 N–H and O–H groups in total. The molecule has 0 radical (unpaired) electrons. The van der Waals surface area contributed by atoms with Gasteiger partial charge >= 0.3 is 0 Å². The number of carbonyl (C=O) groups is 1. The maximum Gasteiger partial charge on any atom is 0.243 e. The van der Waals surface area contributed by atoms with Gasteiger partial charge in [-0.25, -0.2) is 0 Å². The predicted octanol–water partition coefficient (Wildman–Crippen LogP) is 2.48. The minimum Gasteiger partial charge on any atom is -0.338 e. The molecule has 4 rings (SSSR count). The van der Waals surface area contributed by atoms with E-state index in [0.29, 0.717) is 18.0 Å². The topological polar surface area (TPSA) is 62.5 Å². The van der Waals surface area contributed by atoms with Crippen molar-refractivity contribution in [2.45, 2.75) is 76.4 Å². The van der Waals surface area contributed by atoms with Crippen LogP contribution in [0.25, 0.3) is 0 Å². The van der Waals surface area contributed by atoms with Crippen molar-refractivity contribution in [2.75, 3.05) is 13.1 Å². The molecule has 23 heavy (non-hydrogen) atoms. The van der Waals surface area contributed by atoms with Gasteiger partial charge in [-0.05, 0) is 52.0 Å².